The van der Waals surface area contributed by atoms with E-state index < -0.39 is 6.10 Å². The molecule has 0 aliphatic rings. The molecule has 0 aliphatic carbocycles. The molecule has 0 amide bonds. The van der Waals surface area contributed by atoms with Gasteiger partial charge < -0.3 is 14.6 Å². The van der Waals surface area contributed by atoms with Gasteiger partial charge in [0.25, 0.3) is 0 Å². The summed E-state index contributed by atoms with van der Waals surface area (Å²) in [6, 6.07) is 0. The van der Waals surface area contributed by atoms with Crippen molar-refractivity contribution in [3.63, 3.8) is 0 Å². The Bertz CT molecular complexity index is 298. The summed E-state index contributed by atoms with van der Waals surface area (Å²) in [5, 5.41) is 14.4. The van der Waals surface area contributed by atoms with Gasteiger partial charge in [0.1, 0.15) is 0 Å². The Morgan fingerprint density at radius 3 is 2.88 bits per heavy atom. The Labute approximate surface area is 99.9 Å². The molecule has 0 aromatic carbocycles. The van der Waals surface area contributed by atoms with Gasteiger partial charge in [0, 0.05) is 13.3 Å². The lowest BCUT2D eigenvalue weighted by Gasteiger charge is -2.10. The third kappa shape index (κ3) is 4.49. The zero-order chi connectivity index (χ0) is 12.0. The van der Waals surface area contributed by atoms with Gasteiger partial charge >= 0.3 is 0 Å². The zero-order valence-corrected chi connectivity index (χ0v) is 10.3. The van der Waals surface area contributed by atoms with E-state index in [0.29, 0.717) is 24.8 Å². The van der Waals surface area contributed by atoms with Crippen molar-refractivity contribution in [1.29, 1.82) is 0 Å². The van der Waals surface area contributed by atoms with Crippen molar-refractivity contribution in [3.8, 4) is 0 Å². The topological polar surface area (TPSA) is 56.5 Å². The fourth-order valence-corrected chi connectivity index (χ4v) is 1.37. The van der Waals surface area contributed by atoms with Crippen molar-refractivity contribution < 1.29 is 14.6 Å². The number of hydrogen-bond donors (Lipinski definition) is 1. The molecule has 1 rings (SSSR count). The first-order chi connectivity index (χ1) is 7.63. The number of aromatic nitrogens is 2. The van der Waals surface area contributed by atoms with Gasteiger partial charge in [-0.15, -0.1) is 0 Å². The summed E-state index contributed by atoms with van der Waals surface area (Å²) < 4.78 is 11.6. The SMILES string of the molecule is COCCOCC(O)Cn1cc(Cl)c(C)n1. The van der Waals surface area contributed by atoms with E-state index >= 15 is 0 Å². The van der Waals surface area contributed by atoms with Crippen LogP contribution in [-0.2, 0) is 16.0 Å². The van der Waals surface area contributed by atoms with E-state index in [1.807, 2.05) is 6.92 Å². The van der Waals surface area contributed by atoms with Crippen molar-refractivity contribution in [3.05, 3.63) is 16.9 Å². The smallest absolute Gasteiger partial charge is 0.0969 e. The predicted molar refractivity (Wildman–Crippen MR) is 60.7 cm³/mol. The molecule has 5 nitrogen and oxygen atoms in total. The average Bonchev–Trinajstić information content (AvgIpc) is 2.53. The summed E-state index contributed by atoms with van der Waals surface area (Å²) in [5.74, 6) is 0. The minimum absolute atomic E-state index is 0.264. The van der Waals surface area contributed by atoms with Crippen LogP contribution in [0.2, 0.25) is 5.02 Å². The minimum atomic E-state index is -0.591. The molecule has 1 unspecified atom stereocenters. The minimum Gasteiger partial charge on any atom is -0.389 e. The maximum atomic E-state index is 9.63. The fourth-order valence-electron chi connectivity index (χ4n) is 1.22. The Morgan fingerprint density at radius 1 is 1.56 bits per heavy atom. The van der Waals surface area contributed by atoms with Crippen LogP contribution in [0.5, 0.6) is 0 Å². The molecular formula is C10H17ClN2O3. The highest BCUT2D eigenvalue weighted by Gasteiger charge is 2.08. The number of aliphatic hydroxyl groups excluding tert-OH is 1. The lowest BCUT2D eigenvalue weighted by Crippen LogP contribution is -2.23. The molecule has 0 saturated carbocycles. The van der Waals surface area contributed by atoms with Crippen LogP contribution in [0, 0.1) is 6.92 Å². The highest BCUT2D eigenvalue weighted by molar-refractivity contribution is 6.31. The van der Waals surface area contributed by atoms with Crippen LogP contribution in [0.15, 0.2) is 6.20 Å². The molecule has 0 aliphatic heterocycles. The van der Waals surface area contributed by atoms with E-state index in [2.05, 4.69) is 5.10 Å². The molecule has 0 radical (unpaired) electrons. The Kier molecular flexibility index (Phi) is 5.76. The number of hydrogen-bond acceptors (Lipinski definition) is 4. The van der Waals surface area contributed by atoms with E-state index in [-0.39, 0.29) is 6.61 Å². The Morgan fingerprint density at radius 2 is 2.31 bits per heavy atom. The number of aliphatic hydroxyl groups is 1. The van der Waals surface area contributed by atoms with Crippen molar-refractivity contribution in [2.24, 2.45) is 0 Å². The third-order valence-electron chi connectivity index (χ3n) is 2.03. The number of rotatable bonds is 7. The zero-order valence-electron chi connectivity index (χ0n) is 9.52. The molecule has 6 heteroatoms. The Hall–Kier alpha value is -0.620. The lowest BCUT2D eigenvalue weighted by atomic mass is 10.4. The molecule has 1 atom stereocenters. The normalized spacial score (nSPS) is 13.0. The molecule has 16 heavy (non-hydrogen) atoms. The molecule has 1 heterocycles. The van der Waals surface area contributed by atoms with Crippen molar-refractivity contribution in [2.75, 3.05) is 26.9 Å². The van der Waals surface area contributed by atoms with E-state index in [0.717, 1.165) is 5.69 Å². The number of ether oxygens (including phenoxy) is 2. The summed E-state index contributed by atoms with van der Waals surface area (Å²) in [6.45, 7) is 3.46. The first-order valence-electron chi connectivity index (χ1n) is 5.07. The van der Waals surface area contributed by atoms with Crippen molar-refractivity contribution in [1.82, 2.24) is 9.78 Å². The van der Waals surface area contributed by atoms with Crippen LogP contribution in [0.3, 0.4) is 0 Å². The van der Waals surface area contributed by atoms with Crippen LogP contribution < -0.4 is 0 Å². The van der Waals surface area contributed by atoms with Gasteiger partial charge in [-0.05, 0) is 6.92 Å². The molecular weight excluding hydrogens is 232 g/mol. The van der Waals surface area contributed by atoms with Gasteiger partial charge in [-0.25, -0.2) is 0 Å². The third-order valence-corrected chi connectivity index (χ3v) is 2.40. The van der Waals surface area contributed by atoms with Crippen LogP contribution in [-0.4, -0.2) is 47.9 Å². The standard InChI is InChI=1S/C10H17ClN2O3/c1-8-10(11)6-13(12-8)5-9(14)7-16-4-3-15-2/h6,9,14H,3-5,7H2,1-2H3. The molecule has 92 valence electrons. The predicted octanol–water partition coefficient (Wildman–Crippen LogP) is 0.869. The van der Waals surface area contributed by atoms with E-state index in [1.165, 1.54) is 0 Å². The van der Waals surface area contributed by atoms with Gasteiger partial charge in [0.2, 0.25) is 0 Å². The summed E-state index contributed by atoms with van der Waals surface area (Å²) >= 11 is 5.85. The highest BCUT2D eigenvalue weighted by atomic mass is 35.5. The van der Waals surface area contributed by atoms with E-state index in [1.54, 1.807) is 18.0 Å². The first kappa shape index (κ1) is 13.4. The molecule has 0 spiro atoms. The fraction of sp³-hybridized carbons (Fsp3) is 0.700. The second-order valence-corrected chi connectivity index (χ2v) is 3.91. The maximum Gasteiger partial charge on any atom is 0.0969 e. The molecule has 0 fully saturated rings. The second-order valence-electron chi connectivity index (χ2n) is 3.51. The summed E-state index contributed by atoms with van der Waals surface area (Å²) in [6.07, 6.45) is 1.10. The summed E-state index contributed by atoms with van der Waals surface area (Å²) in [7, 11) is 1.61. The van der Waals surface area contributed by atoms with Gasteiger partial charge in [0.15, 0.2) is 0 Å². The molecule has 1 N–H and O–H groups in total. The molecule has 0 bridgehead atoms. The highest BCUT2D eigenvalue weighted by Crippen LogP contribution is 2.12. The van der Waals surface area contributed by atoms with E-state index in [9.17, 15) is 5.11 Å². The van der Waals surface area contributed by atoms with Gasteiger partial charge in [-0.1, -0.05) is 11.6 Å². The van der Waals surface area contributed by atoms with Crippen molar-refractivity contribution >= 4 is 11.6 Å². The van der Waals surface area contributed by atoms with Gasteiger partial charge in [-0.3, -0.25) is 4.68 Å². The molecule has 1 aromatic heterocycles. The monoisotopic (exact) mass is 248 g/mol. The number of methoxy groups -OCH3 is 1. The van der Waals surface area contributed by atoms with Gasteiger partial charge in [-0.2, -0.15) is 5.10 Å². The van der Waals surface area contributed by atoms with Gasteiger partial charge in [0.05, 0.1) is 43.2 Å². The Balaban J connectivity index is 2.25. The molecule has 1 aromatic rings. The summed E-state index contributed by atoms with van der Waals surface area (Å²) in [4.78, 5) is 0. The molecule has 0 saturated heterocycles. The first-order valence-corrected chi connectivity index (χ1v) is 5.45. The van der Waals surface area contributed by atoms with Crippen LogP contribution in [0.4, 0.5) is 0 Å². The number of halogens is 1. The maximum absolute atomic E-state index is 9.63. The average molecular weight is 249 g/mol. The summed E-state index contributed by atoms with van der Waals surface area (Å²) in [5.41, 5.74) is 0.758. The van der Waals surface area contributed by atoms with Crippen LogP contribution >= 0.6 is 11.6 Å². The quantitative estimate of drug-likeness (QED) is 0.728. The second kappa shape index (κ2) is 6.85. The van der Waals surface area contributed by atoms with Crippen LogP contribution in [0.1, 0.15) is 5.69 Å². The van der Waals surface area contributed by atoms with Crippen LogP contribution in [0.25, 0.3) is 0 Å². The largest absolute Gasteiger partial charge is 0.389 e. The van der Waals surface area contributed by atoms with Crippen molar-refractivity contribution in [2.45, 2.75) is 19.6 Å². The number of nitrogens with zero attached hydrogens (tertiary/aromatic N) is 2. The number of aryl methyl sites for hydroxylation is 1. The van der Waals surface area contributed by atoms with E-state index in [4.69, 9.17) is 21.1 Å². The lowest BCUT2D eigenvalue weighted by molar-refractivity contribution is 0.00595.